The third kappa shape index (κ3) is 4.34. The number of para-hydroxylation sites is 1. The number of nitrogens with zero attached hydrogens (tertiary/aromatic N) is 3. The molecule has 3 aromatic rings. The number of hydrogen-bond donors (Lipinski definition) is 2. The summed E-state index contributed by atoms with van der Waals surface area (Å²) >= 11 is 0. The highest BCUT2D eigenvalue weighted by Crippen LogP contribution is 2.19. The molecule has 0 saturated heterocycles. The van der Waals surface area contributed by atoms with Crippen molar-refractivity contribution in [3.63, 3.8) is 0 Å². The van der Waals surface area contributed by atoms with E-state index in [4.69, 9.17) is 0 Å². The molecule has 0 fully saturated rings. The van der Waals surface area contributed by atoms with Crippen molar-refractivity contribution < 1.29 is 8.78 Å². The lowest BCUT2D eigenvalue weighted by atomic mass is 10.2. The first-order chi connectivity index (χ1) is 14.0. The molecule has 3 rings (SSSR count). The quantitative estimate of drug-likeness (QED) is 0.565. The highest BCUT2D eigenvalue weighted by Gasteiger charge is 2.17. The van der Waals surface area contributed by atoms with Gasteiger partial charge in [0.25, 0.3) is 11.1 Å². The Balaban J connectivity index is 2.00. The molecule has 0 spiro atoms. The number of fused-ring (bicyclic) bond motifs is 1. The smallest absolute Gasteiger partial charge is 0.261 e. The summed E-state index contributed by atoms with van der Waals surface area (Å²) < 4.78 is 29.4. The molecule has 1 aromatic carbocycles. The first kappa shape index (κ1) is 20.7. The van der Waals surface area contributed by atoms with E-state index in [-0.39, 0.29) is 17.0 Å². The zero-order chi connectivity index (χ0) is 21.0. The SMILES string of the molecule is CCN(CC)CCCNc1nc2c(ccc(=O)n2-c2c(F)cccc2F)c(=O)[nH]1. The number of hydrogen-bond acceptors (Lipinski definition) is 5. The van der Waals surface area contributed by atoms with Gasteiger partial charge in [-0.2, -0.15) is 4.98 Å². The molecule has 29 heavy (non-hydrogen) atoms. The molecule has 0 saturated carbocycles. The molecule has 154 valence electrons. The summed E-state index contributed by atoms with van der Waals surface area (Å²) in [5.74, 6) is -1.70. The lowest BCUT2D eigenvalue weighted by Gasteiger charge is -2.17. The van der Waals surface area contributed by atoms with Gasteiger partial charge in [0.05, 0.1) is 5.39 Å². The number of halogens is 2. The minimum absolute atomic E-state index is 0.0564. The second kappa shape index (κ2) is 8.95. The van der Waals surface area contributed by atoms with Gasteiger partial charge in [-0.25, -0.2) is 8.78 Å². The van der Waals surface area contributed by atoms with Gasteiger partial charge in [0.2, 0.25) is 5.95 Å². The predicted octanol–water partition coefficient (Wildman–Crippen LogP) is 2.50. The zero-order valence-corrected chi connectivity index (χ0v) is 16.3. The van der Waals surface area contributed by atoms with Crippen molar-refractivity contribution >= 4 is 17.0 Å². The number of benzene rings is 1. The summed E-state index contributed by atoms with van der Waals surface area (Å²) in [4.78, 5) is 34.0. The van der Waals surface area contributed by atoms with Gasteiger partial charge in [0, 0.05) is 12.6 Å². The molecular formula is C20H23F2N5O2. The normalized spacial score (nSPS) is 11.3. The lowest BCUT2D eigenvalue weighted by Crippen LogP contribution is -2.26. The molecule has 2 N–H and O–H groups in total. The van der Waals surface area contributed by atoms with E-state index < -0.39 is 28.4 Å². The Bertz CT molecular complexity index is 1100. The van der Waals surface area contributed by atoms with Crippen LogP contribution in [-0.2, 0) is 0 Å². The van der Waals surface area contributed by atoms with E-state index in [2.05, 4.69) is 34.0 Å². The standard InChI is InChI=1S/C20H23F2N5O2/c1-3-26(4-2)12-6-11-23-20-24-18-13(19(29)25-20)9-10-16(28)27(18)17-14(21)7-5-8-15(17)22/h5,7-10H,3-4,6,11-12H2,1-2H3,(H2,23,24,25,29). The Labute approximate surface area is 166 Å². The molecule has 0 bridgehead atoms. The molecule has 9 heteroatoms. The molecule has 0 atom stereocenters. The van der Waals surface area contributed by atoms with Crippen LogP contribution in [0.25, 0.3) is 16.7 Å². The van der Waals surface area contributed by atoms with Crippen molar-refractivity contribution in [2.75, 3.05) is 31.5 Å². The van der Waals surface area contributed by atoms with Crippen molar-refractivity contribution in [2.45, 2.75) is 20.3 Å². The highest BCUT2D eigenvalue weighted by molar-refractivity contribution is 5.76. The van der Waals surface area contributed by atoms with Crippen LogP contribution in [0.2, 0.25) is 0 Å². The summed E-state index contributed by atoms with van der Waals surface area (Å²) in [5, 5.41) is 3.07. The Morgan fingerprint density at radius 1 is 1.10 bits per heavy atom. The summed E-state index contributed by atoms with van der Waals surface area (Å²) in [6, 6.07) is 5.67. The van der Waals surface area contributed by atoms with Gasteiger partial charge in [0.15, 0.2) is 5.65 Å². The highest BCUT2D eigenvalue weighted by atomic mass is 19.1. The number of pyridine rings is 1. The number of nitrogens with one attached hydrogen (secondary N) is 2. The molecule has 0 aliphatic rings. The van der Waals surface area contributed by atoms with Gasteiger partial charge < -0.3 is 10.2 Å². The molecule has 0 unspecified atom stereocenters. The predicted molar refractivity (Wildman–Crippen MR) is 109 cm³/mol. The van der Waals surface area contributed by atoms with Crippen molar-refractivity contribution in [3.05, 3.63) is 62.7 Å². The maximum absolute atomic E-state index is 14.3. The van der Waals surface area contributed by atoms with Crippen LogP contribution in [-0.4, -0.2) is 45.6 Å². The lowest BCUT2D eigenvalue weighted by molar-refractivity contribution is 0.303. The Kier molecular flexibility index (Phi) is 6.38. The summed E-state index contributed by atoms with van der Waals surface area (Å²) in [5.41, 5.74) is -1.87. The maximum atomic E-state index is 14.3. The van der Waals surface area contributed by atoms with Crippen LogP contribution in [0.5, 0.6) is 0 Å². The second-order valence-electron chi connectivity index (χ2n) is 6.54. The van der Waals surface area contributed by atoms with Crippen molar-refractivity contribution in [2.24, 2.45) is 0 Å². The van der Waals surface area contributed by atoms with E-state index in [1.165, 1.54) is 12.1 Å². The molecular weight excluding hydrogens is 380 g/mol. The fourth-order valence-electron chi connectivity index (χ4n) is 3.18. The monoisotopic (exact) mass is 403 g/mol. The Hall–Kier alpha value is -3.07. The third-order valence-electron chi connectivity index (χ3n) is 4.76. The number of rotatable bonds is 8. The second-order valence-corrected chi connectivity index (χ2v) is 6.54. The van der Waals surface area contributed by atoms with Crippen LogP contribution < -0.4 is 16.4 Å². The average molecular weight is 403 g/mol. The van der Waals surface area contributed by atoms with Crippen molar-refractivity contribution in [1.29, 1.82) is 0 Å². The van der Waals surface area contributed by atoms with Gasteiger partial charge in [-0.3, -0.25) is 19.1 Å². The Morgan fingerprint density at radius 3 is 2.45 bits per heavy atom. The van der Waals surface area contributed by atoms with E-state index in [1.807, 2.05) is 0 Å². The van der Waals surface area contributed by atoms with Crippen LogP contribution in [0, 0.1) is 11.6 Å². The maximum Gasteiger partial charge on any atom is 0.261 e. The summed E-state index contributed by atoms with van der Waals surface area (Å²) in [7, 11) is 0. The molecule has 0 aliphatic heterocycles. The van der Waals surface area contributed by atoms with E-state index in [0.717, 1.165) is 48.8 Å². The van der Waals surface area contributed by atoms with E-state index >= 15 is 0 Å². The fourth-order valence-corrected chi connectivity index (χ4v) is 3.18. The van der Waals surface area contributed by atoms with E-state index in [0.29, 0.717) is 6.54 Å². The number of H-pyrrole nitrogens is 1. The van der Waals surface area contributed by atoms with Crippen LogP contribution in [0.3, 0.4) is 0 Å². The first-order valence-electron chi connectivity index (χ1n) is 9.53. The van der Waals surface area contributed by atoms with Gasteiger partial charge in [-0.05, 0) is 44.3 Å². The average Bonchev–Trinajstić information content (AvgIpc) is 2.69. The van der Waals surface area contributed by atoms with Crippen molar-refractivity contribution in [1.82, 2.24) is 19.4 Å². The minimum atomic E-state index is -0.921. The summed E-state index contributed by atoms with van der Waals surface area (Å²) in [6.45, 7) is 7.48. The van der Waals surface area contributed by atoms with Crippen LogP contribution >= 0.6 is 0 Å². The molecule has 0 aliphatic carbocycles. The van der Waals surface area contributed by atoms with E-state index in [9.17, 15) is 18.4 Å². The first-order valence-corrected chi connectivity index (χ1v) is 9.53. The van der Waals surface area contributed by atoms with Crippen LogP contribution in [0.1, 0.15) is 20.3 Å². The van der Waals surface area contributed by atoms with Gasteiger partial charge >= 0.3 is 0 Å². The van der Waals surface area contributed by atoms with Crippen LogP contribution in [0.4, 0.5) is 14.7 Å². The molecule has 2 heterocycles. The Morgan fingerprint density at radius 2 is 1.79 bits per heavy atom. The van der Waals surface area contributed by atoms with Gasteiger partial charge in [0.1, 0.15) is 17.3 Å². The zero-order valence-electron chi connectivity index (χ0n) is 16.3. The van der Waals surface area contributed by atoms with Gasteiger partial charge in [-0.15, -0.1) is 0 Å². The number of aromatic nitrogens is 3. The minimum Gasteiger partial charge on any atom is -0.356 e. The number of aromatic amines is 1. The van der Waals surface area contributed by atoms with Crippen molar-refractivity contribution in [3.8, 4) is 5.69 Å². The largest absolute Gasteiger partial charge is 0.356 e. The molecule has 7 nitrogen and oxygen atoms in total. The third-order valence-corrected chi connectivity index (χ3v) is 4.76. The molecule has 2 aromatic heterocycles. The number of anilines is 1. The summed E-state index contributed by atoms with van der Waals surface area (Å²) in [6.07, 6.45) is 0.812. The van der Waals surface area contributed by atoms with Gasteiger partial charge in [-0.1, -0.05) is 19.9 Å². The topological polar surface area (TPSA) is 83.0 Å². The molecule has 0 radical (unpaired) electrons. The van der Waals surface area contributed by atoms with Crippen LogP contribution in [0.15, 0.2) is 39.9 Å². The molecule has 0 amide bonds. The fraction of sp³-hybridized carbons (Fsp3) is 0.350. The van der Waals surface area contributed by atoms with E-state index in [1.54, 1.807) is 0 Å².